The number of rotatable bonds is 6. The van der Waals surface area contributed by atoms with Gasteiger partial charge >= 0.3 is 6.18 Å². The summed E-state index contributed by atoms with van der Waals surface area (Å²) in [6.45, 7) is -2.12. The van der Waals surface area contributed by atoms with E-state index in [9.17, 15) is 18.0 Å². The molecule has 5 nitrogen and oxygen atoms in total. The van der Waals surface area contributed by atoms with E-state index < -0.39 is 31.3 Å². The zero-order valence-electron chi connectivity index (χ0n) is 10.6. The van der Waals surface area contributed by atoms with Gasteiger partial charge in [0.15, 0.2) is 0 Å². The lowest BCUT2D eigenvalue weighted by molar-refractivity contribution is -0.156. The Hall–Kier alpha value is -1.64. The average Bonchev–Trinajstić information content (AvgIpc) is 2.38. The molecule has 1 aromatic rings. The Morgan fingerprint density at radius 2 is 1.95 bits per heavy atom. The minimum Gasteiger partial charge on any atom is -0.395 e. The molecule has 20 heavy (non-hydrogen) atoms. The van der Waals surface area contributed by atoms with Crippen LogP contribution in [-0.4, -0.2) is 41.8 Å². The van der Waals surface area contributed by atoms with Gasteiger partial charge in [0.1, 0.15) is 6.04 Å². The molecular formula is C12H16F3N3O2. The van der Waals surface area contributed by atoms with Gasteiger partial charge in [-0.15, -0.1) is 0 Å². The summed E-state index contributed by atoms with van der Waals surface area (Å²) >= 11 is 0. The van der Waals surface area contributed by atoms with Crippen LogP contribution in [0.15, 0.2) is 30.3 Å². The Kier molecular flexibility index (Phi) is 5.93. The van der Waals surface area contributed by atoms with Crippen LogP contribution in [0.3, 0.4) is 0 Å². The first-order chi connectivity index (χ1) is 9.39. The molecule has 0 spiro atoms. The fourth-order valence-electron chi connectivity index (χ4n) is 1.90. The van der Waals surface area contributed by atoms with E-state index in [1.807, 2.05) is 5.43 Å². The second kappa shape index (κ2) is 7.22. The molecule has 0 bridgehead atoms. The van der Waals surface area contributed by atoms with E-state index in [4.69, 9.17) is 10.9 Å². The minimum atomic E-state index is -4.49. The summed E-state index contributed by atoms with van der Waals surface area (Å²) in [7, 11) is 0. The summed E-state index contributed by atoms with van der Waals surface area (Å²) in [5.74, 6) is 4.27. The average molecular weight is 291 g/mol. The number of hydrogen-bond donors (Lipinski definition) is 3. The summed E-state index contributed by atoms with van der Waals surface area (Å²) in [6.07, 6.45) is -4.49. The van der Waals surface area contributed by atoms with E-state index in [0.717, 1.165) is 4.90 Å². The van der Waals surface area contributed by atoms with Crippen LogP contribution in [0, 0.1) is 0 Å². The molecule has 8 heteroatoms. The number of halogens is 3. The molecular weight excluding hydrogens is 275 g/mol. The van der Waals surface area contributed by atoms with Crippen LogP contribution in [0.25, 0.3) is 0 Å². The third-order valence-corrected chi connectivity index (χ3v) is 2.64. The largest absolute Gasteiger partial charge is 0.401 e. The van der Waals surface area contributed by atoms with Gasteiger partial charge < -0.3 is 5.11 Å². The van der Waals surface area contributed by atoms with Crippen molar-refractivity contribution >= 4 is 5.91 Å². The van der Waals surface area contributed by atoms with Crippen molar-refractivity contribution in [3.63, 3.8) is 0 Å². The van der Waals surface area contributed by atoms with Gasteiger partial charge in [-0.05, 0) is 5.56 Å². The van der Waals surface area contributed by atoms with Gasteiger partial charge in [-0.1, -0.05) is 30.3 Å². The fraction of sp³-hybridized carbons (Fsp3) is 0.417. The molecule has 1 unspecified atom stereocenters. The van der Waals surface area contributed by atoms with Gasteiger partial charge in [-0.3, -0.25) is 15.1 Å². The topological polar surface area (TPSA) is 78.6 Å². The Morgan fingerprint density at radius 3 is 2.40 bits per heavy atom. The SMILES string of the molecule is NNC(=O)C(c1ccccc1)N(CCO)CC(F)(F)F. The molecule has 0 aliphatic rings. The van der Waals surface area contributed by atoms with E-state index in [2.05, 4.69) is 0 Å². The van der Waals surface area contributed by atoms with Crippen LogP contribution in [-0.2, 0) is 4.79 Å². The molecule has 0 aliphatic carbocycles. The number of benzene rings is 1. The summed E-state index contributed by atoms with van der Waals surface area (Å²) < 4.78 is 37.8. The maximum atomic E-state index is 12.6. The number of carbonyl (C=O) groups is 1. The Labute approximate surface area is 114 Å². The van der Waals surface area contributed by atoms with E-state index >= 15 is 0 Å². The molecule has 1 atom stereocenters. The number of hydrazine groups is 1. The molecule has 112 valence electrons. The maximum absolute atomic E-state index is 12.6. The summed E-state index contributed by atoms with van der Waals surface area (Å²) in [6, 6.07) is 6.74. The lowest BCUT2D eigenvalue weighted by atomic mass is 10.0. The monoisotopic (exact) mass is 291 g/mol. The molecule has 0 saturated carbocycles. The molecule has 1 rings (SSSR count). The summed E-state index contributed by atoms with van der Waals surface area (Å²) in [4.78, 5) is 12.6. The highest BCUT2D eigenvalue weighted by Gasteiger charge is 2.36. The van der Waals surface area contributed by atoms with Crippen molar-refractivity contribution < 1.29 is 23.1 Å². The van der Waals surface area contributed by atoms with Gasteiger partial charge in [-0.25, -0.2) is 5.84 Å². The van der Waals surface area contributed by atoms with Gasteiger partial charge in [0.05, 0.1) is 13.2 Å². The molecule has 1 aromatic carbocycles. The number of hydrogen-bond acceptors (Lipinski definition) is 4. The van der Waals surface area contributed by atoms with Crippen molar-refractivity contribution in [2.75, 3.05) is 19.7 Å². The Balaban J connectivity index is 3.08. The number of nitrogens with zero attached hydrogens (tertiary/aromatic N) is 1. The van der Waals surface area contributed by atoms with Crippen LogP contribution >= 0.6 is 0 Å². The van der Waals surface area contributed by atoms with Gasteiger partial charge in [-0.2, -0.15) is 13.2 Å². The third-order valence-electron chi connectivity index (χ3n) is 2.64. The Morgan fingerprint density at radius 1 is 1.35 bits per heavy atom. The van der Waals surface area contributed by atoms with E-state index in [0.29, 0.717) is 5.56 Å². The smallest absolute Gasteiger partial charge is 0.395 e. The first-order valence-electron chi connectivity index (χ1n) is 5.86. The van der Waals surface area contributed by atoms with Crippen LogP contribution < -0.4 is 11.3 Å². The molecule has 0 fully saturated rings. The molecule has 0 heterocycles. The van der Waals surface area contributed by atoms with Gasteiger partial charge in [0, 0.05) is 6.54 Å². The standard InChI is InChI=1S/C12H16F3N3O2/c13-12(14,15)8-18(6-7-19)10(11(20)17-16)9-4-2-1-3-5-9/h1-5,10,19H,6-8,16H2,(H,17,20). The third kappa shape index (κ3) is 4.80. The number of alkyl halides is 3. The van der Waals surface area contributed by atoms with Crippen LogP contribution in [0.5, 0.6) is 0 Å². The molecule has 1 amide bonds. The number of amides is 1. The first-order valence-corrected chi connectivity index (χ1v) is 5.86. The second-order valence-electron chi connectivity index (χ2n) is 4.13. The number of aliphatic hydroxyl groups excluding tert-OH is 1. The lowest BCUT2D eigenvalue weighted by Crippen LogP contribution is -2.47. The zero-order valence-corrected chi connectivity index (χ0v) is 10.6. The van der Waals surface area contributed by atoms with Crippen molar-refractivity contribution in [3.8, 4) is 0 Å². The molecule has 0 saturated heterocycles. The Bertz CT molecular complexity index is 426. The van der Waals surface area contributed by atoms with Crippen LogP contribution in [0.4, 0.5) is 13.2 Å². The maximum Gasteiger partial charge on any atom is 0.401 e. The van der Waals surface area contributed by atoms with E-state index in [1.54, 1.807) is 18.2 Å². The number of nitrogens with two attached hydrogens (primary N) is 1. The molecule has 4 N–H and O–H groups in total. The van der Waals surface area contributed by atoms with Crippen molar-refractivity contribution in [1.29, 1.82) is 0 Å². The van der Waals surface area contributed by atoms with Crippen LogP contribution in [0.2, 0.25) is 0 Å². The highest BCUT2D eigenvalue weighted by molar-refractivity contribution is 5.82. The minimum absolute atomic E-state index is 0.299. The van der Waals surface area contributed by atoms with Crippen molar-refractivity contribution in [1.82, 2.24) is 10.3 Å². The van der Waals surface area contributed by atoms with E-state index in [1.165, 1.54) is 12.1 Å². The van der Waals surface area contributed by atoms with Crippen molar-refractivity contribution in [3.05, 3.63) is 35.9 Å². The van der Waals surface area contributed by atoms with E-state index in [-0.39, 0.29) is 6.54 Å². The predicted molar refractivity (Wildman–Crippen MR) is 66.2 cm³/mol. The van der Waals surface area contributed by atoms with Crippen LogP contribution in [0.1, 0.15) is 11.6 Å². The molecule has 0 radical (unpaired) electrons. The highest BCUT2D eigenvalue weighted by atomic mass is 19.4. The van der Waals surface area contributed by atoms with Gasteiger partial charge in [0.2, 0.25) is 0 Å². The first kappa shape index (κ1) is 16.4. The highest BCUT2D eigenvalue weighted by Crippen LogP contribution is 2.25. The quantitative estimate of drug-likeness (QED) is 0.407. The predicted octanol–water partition coefficient (Wildman–Crippen LogP) is 0.574. The molecule has 0 aliphatic heterocycles. The summed E-state index contributed by atoms with van der Waals surface area (Å²) in [5, 5.41) is 8.91. The van der Waals surface area contributed by atoms with Gasteiger partial charge in [0.25, 0.3) is 5.91 Å². The number of carbonyl (C=O) groups excluding carboxylic acids is 1. The summed E-state index contributed by atoms with van der Waals surface area (Å²) in [5.41, 5.74) is 2.23. The second-order valence-corrected chi connectivity index (χ2v) is 4.13. The van der Waals surface area contributed by atoms with Crippen molar-refractivity contribution in [2.45, 2.75) is 12.2 Å². The number of nitrogens with one attached hydrogen (secondary N) is 1. The molecule has 0 aromatic heterocycles. The number of aliphatic hydroxyl groups is 1. The zero-order chi connectivity index (χ0) is 15.2. The normalized spacial score (nSPS) is 13.3. The van der Waals surface area contributed by atoms with Crippen molar-refractivity contribution in [2.24, 2.45) is 5.84 Å². The lowest BCUT2D eigenvalue weighted by Gasteiger charge is -2.30. The fourth-order valence-corrected chi connectivity index (χ4v) is 1.90.